The smallest absolute Gasteiger partial charge is 0.343 e. The third kappa shape index (κ3) is 2.78. The van der Waals surface area contributed by atoms with E-state index in [4.69, 9.17) is 11.7 Å². The molecule has 8 heteroatoms. The van der Waals surface area contributed by atoms with Gasteiger partial charge < -0.3 is 5.11 Å². The average Bonchev–Trinajstić information content (AvgIpc) is 2.50. The Bertz CT molecular complexity index is 859. The minimum Gasteiger partial charge on any atom is -0.479 e. The van der Waals surface area contributed by atoms with E-state index in [1.54, 1.807) is 50.2 Å². The van der Waals surface area contributed by atoms with Crippen molar-refractivity contribution >= 4 is 26.6 Å². The van der Waals surface area contributed by atoms with Crippen molar-refractivity contribution in [2.75, 3.05) is 0 Å². The normalized spacial score (nSPS) is 14.9. The number of fused-ring (bicyclic) bond motifs is 1. The lowest BCUT2D eigenvalue weighted by Crippen LogP contribution is -2.66. The van der Waals surface area contributed by atoms with Crippen LogP contribution in [-0.4, -0.2) is 29.5 Å². The van der Waals surface area contributed by atoms with Gasteiger partial charge in [0, 0.05) is 5.39 Å². The van der Waals surface area contributed by atoms with Gasteiger partial charge in [-0.2, -0.15) is 5.12 Å². The molecule has 7 nitrogen and oxygen atoms in total. The molecule has 0 spiro atoms. The lowest BCUT2D eigenvalue weighted by Gasteiger charge is -2.35. The topological polar surface area (TPSA) is 127 Å². The molecule has 0 fully saturated rings. The van der Waals surface area contributed by atoms with E-state index in [1.165, 1.54) is 6.07 Å². The predicted molar refractivity (Wildman–Crippen MR) is 91.2 cm³/mol. The molecule has 2 aromatic rings. The Labute approximate surface area is 140 Å². The molecule has 0 unspecified atom stereocenters. The minimum absolute atomic E-state index is 0.107. The molecule has 0 aliphatic carbocycles. The quantitative estimate of drug-likeness (QED) is 0.531. The van der Waals surface area contributed by atoms with Crippen molar-refractivity contribution in [2.45, 2.75) is 30.0 Å². The first-order chi connectivity index (χ1) is 11.1. The van der Waals surface area contributed by atoms with Crippen LogP contribution in [0.5, 0.6) is 0 Å². The number of carboxylic acid groups (broad SMARTS) is 1. The second-order valence-electron chi connectivity index (χ2n) is 6.08. The van der Waals surface area contributed by atoms with Gasteiger partial charge in [-0.05, 0) is 23.8 Å². The van der Waals surface area contributed by atoms with E-state index in [0.717, 1.165) is 0 Å². The van der Waals surface area contributed by atoms with Crippen LogP contribution in [0.25, 0.3) is 10.8 Å². The van der Waals surface area contributed by atoms with Gasteiger partial charge in [0.1, 0.15) is 0 Å². The molecule has 24 heavy (non-hydrogen) atoms. The van der Waals surface area contributed by atoms with Gasteiger partial charge in [0.2, 0.25) is 9.84 Å². The molecule has 1 atom stereocenters. The van der Waals surface area contributed by atoms with Crippen LogP contribution in [0.1, 0.15) is 20.3 Å². The maximum absolute atomic E-state index is 13.3. The highest BCUT2D eigenvalue weighted by Gasteiger charge is 2.56. The summed E-state index contributed by atoms with van der Waals surface area (Å²) in [6.07, 6.45) is -0.249. The van der Waals surface area contributed by atoms with Crippen LogP contribution in [0.15, 0.2) is 47.4 Å². The molecule has 0 saturated heterocycles. The Hall–Kier alpha value is -2.00. The van der Waals surface area contributed by atoms with Crippen molar-refractivity contribution in [3.63, 3.8) is 0 Å². The fourth-order valence-corrected chi connectivity index (χ4v) is 4.99. The lowest BCUT2D eigenvalue weighted by molar-refractivity contribution is -0.147. The van der Waals surface area contributed by atoms with Crippen LogP contribution in [0.3, 0.4) is 0 Å². The Morgan fingerprint density at radius 3 is 2.29 bits per heavy atom. The molecule has 2 aromatic carbocycles. The van der Waals surface area contributed by atoms with Gasteiger partial charge in [-0.3, -0.25) is 11.7 Å². The van der Waals surface area contributed by atoms with Gasteiger partial charge in [-0.1, -0.05) is 50.2 Å². The number of rotatable bonds is 6. The van der Waals surface area contributed by atoms with Gasteiger partial charge in [0.05, 0.1) is 4.90 Å². The predicted octanol–water partition coefficient (Wildman–Crippen LogP) is 1.49. The monoisotopic (exact) mass is 351 g/mol. The Morgan fingerprint density at radius 1 is 1.17 bits per heavy atom. The molecule has 5 N–H and O–H groups in total. The summed E-state index contributed by atoms with van der Waals surface area (Å²) in [7, 11) is -4.41. The highest BCUT2D eigenvalue weighted by molar-refractivity contribution is 7.93. The summed E-state index contributed by atoms with van der Waals surface area (Å²) in [5.74, 6) is 9.21. The van der Waals surface area contributed by atoms with Gasteiger partial charge in [0.25, 0.3) is 4.87 Å². The number of nitrogens with two attached hydrogens (primary N) is 2. The number of benzene rings is 2. The number of sulfone groups is 1. The SMILES string of the molecule is CC(C)C[C@@](C(=O)O)(N(N)N)S(=O)(=O)c1cccc2ccccc12. The lowest BCUT2D eigenvalue weighted by atomic mass is 10.0. The Morgan fingerprint density at radius 2 is 1.75 bits per heavy atom. The molecule has 0 aliphatic rings. The van der Waals surface area contributed by atoms with E-state index in [1.807, 2.05) is 0 Å². The summed E-state index contributed by atoms with van der Waals surface area (Å²) in [5, 5.41) is 11.1. The van der Waals surface area contributed by atoms with Crippen molar-refractivity contribution in [3.8, 4) is 0 Å². The van der Waals surface area contributed by atoms with Crippen LogP contribution < -0.4 is 11.7 Å². The van der Waals surface area contributed by atoms with Gasteiger partial charge in [0.15, 0.2) is 0 Å². The average molecular weight is 351 g/mol. The molecule has 0 heterocycles. The number of hydrogen-bond acceptors (Lipinski definition) is 6. The number of carbonyl (C=O) groups is 1. The number of hydrogen-bond donors (Lipinski definition) is 3. The summed E-state index contributed by atoms with van der Waals surface area (Å²) in [4.78, 5) is 9.41. The zero-order valence-corrected chi connectivity index (χ0v) is 14.3. The molecule has 0 bridgehead atoms. The van der Waals surface area contributed by atoms with Crippen molar-refractivity contribution < 1.29 is 18.3 Å². The van der Waals surface area contributed by atoms with Crippen LogP contribution in [0.4, 0.5) is 0 Å². The first kappa shape index (κ1) is 18.3. The summed E-state index contributed by atoms with van der Waals surface area (Å²) in [6.45, 7) is 3.42. The van der Waals surface area contributed by atoms with E-state index in [2.05, 4.69) is 0 Å². The van der Waals surface area contributed by atoms with Crippen molar-refractivity contribution in [3.05, 3.63) is 42.5 Å². The molecule has 0 radical (unpaired) electrons. The maximum Gasteiger partial charge on any atom is 0.343 e. The fourth-order valence-electron chi connectivity index (χ4n) is 2.83. The third-order valence-corrected chi connectivity index (χ3v) is 6.30. The van der Waals surface area contributed by atoms with Crippen molar-refractivity contribution in [2.24, 2.45) is 17.6 Å². The molecular weight excluding hydrogens is 330 g/mol. The highest BCUT2D eigenvalue weighted by atomic mass is 32.2. The van der Waals surface area contributed by atoms with E-state index >= 15 is 0 Å². The van der Waals surface area contributed by atoms with Gasteiger partial charge in [-0.15, -0.1) is 0 Å². The van der Waals surface area contributed by atoms with Crippen LogP contribution >= 0.6 is 0 Å². The molecule has 0 saturated carbocycles. The molecular formula is C16H21N3O4S. The van der Waals surface area contributed by atoms with Gasteiger partial charge >= 0.3 is 5.97 Å². The van der Waals surface area contributed by atoms with E-state index in [9.17, 15) is 18.3 Å². The summed E-state index contributed by atoms with van der Waals surface area (Å²) < 4.78 is 26.6. The number of nitrogens with zero attached hydrogens (tertiary/aromatic N) is 1. The Kier molecular flexibility index (Phi) is 4.95. The van der Waals surface area contributed by atoms with Crippen LogP contribution in [-0.2, 0) is 14.6 Å². The summed E-state index contributed by atoms with van der Waals surface area (Å²) in [5.41, 5.74) is 0. The second-order valence-corrected chi connectivity index (χ2v) is 8.20. The van der Waals surface area contributed by atoms with E-state index in [0.29, 0.717) is 15.9 Å². The zero-order chi connectivity index (χ0) is 18.1. The maximum atomic E-state index is 13.3. The molecule has 130 valence electrons. The largest absolute Gasteiger partial charge is 0.479 e. The van der Waals surface area contributed by atoms with Crippen LogP contribution in [0.2, 0.25) is 0 Å². The first-order valence-electron chi connectivity index (χ1n) is 7.40. The molecule has 0 aromatic heterocycles. The number of carboxylic acids is 1. The minimum atomic E-state index is -4.41. The standard InChI is InChI=1S/C16H21N3O4S/c1-11(2)10-16(15(20)21,19(17)18)24(22,23)14-9-5-7-12-6-3-4-8-13(12)14/h3-9,11H,10,17-18H2,1-2H3,(H,20,21)/t16-/m1/s1. The first-order valence-corrected chi connectivity index (χ1v) is 8.88. The fraction of sp³-hybridized carbons (Fsp3) is 0.312. The van der Waals surface area contributed by atoms with Gasteiger partial charge in [-0.25, -0.2) is 13.2 Å². The molecule has 0 aliphatic heterocycles. The Balaban J connectivity index is 2.83. The zero-order valence-electron chi connectivity index (χ0n) is 13.5. The van der Waals surface area contributed by atoms with Crippen LogP contribution in [0, 0.1) is 5.92 Å². The molecule has 2 rings (SSSR count). The third-order valence-electron chi connectivity index (χ3n) is 3.92. The molecule has 0 amide bonds. The van der Waals surface area contributed by atoms with E-state index < -0.39 is 20.7 Å². The van der Waals surface area contributed by atoms with Crippen molar-refractivity contribution in [1.29, 1.82) is 0 Å². The second kappa shape index (κ2) is 6.48. The highest BCUT2D eigenvalue weighted by Crippen LogP contribution is 2.36. The van der Waals surface area contributed by atoms with E-state index in [-0.39, 0.29) is 17.2 Å². The summed E-state index contributed by atoms with van der Waals surface area (Å²) in [6, 6.07) is 11.5. The number of hydrazine groups is 2. The summed E-state index contributed by atoms with van der Waals surface area (Å²) >= 11 is 0. The van der Waals surface area contributed by atoms with Crippen molar-refractivity contribution in [1.82, 2.24) is 5.12 Å². The number of aliphatic carboxylic acids is 1.